The third-order valence-electron chi connectivity index (χ3n) is 3.74. The maximum Gasteiger partial charge on any atom is 0.00991 e. The van der Waals surface area contributed by atoms with Gasteiger partial charge >= 0.3 is 0 Å². The van der Waals surface area contributed by atoms with Crippen molar-refractivity contribution >= 4 is 0 Å². The first kappa shape index (κ1) is 12.0. The molecule has 1 heterocycles. The molecule has 2 nitrogen and oxygen atoms in total. The van der Waals surface area contributed by atoms with Crippen LogP contribution in [0.15, 0.2) is 0 Å². The van der Waals surface area contributed by atoms with Gasteiger partial charge in [-0.05, 0) is 38.3 Å². The molecule has 0 aromatic carbocycles. The predicted molar refractivity (Wildman–Crippen MR) is 62.5 cm³/mol. The highest BCUT2D eigenvalue weighted by Crippen LogP contribution is 2.25. The molecule has 1 saturated heterocycles. The first-order valence-electron chi connectivity index (χ1n) is 5.85. The molecule has 1 aliphatic rings. The highest BCUT2D eigenvalue weighted by Gasteiger charge is 2.29. The molecule has 14 heavy (non-hydrogen) atoms. The van der Waals surface area contributed by atoms with Crippen molar-refractivity contribution in [3.8, 4) is 0 Å². The Balaban J connectivity index is 2.42. The lowest BCUT2D eigenvalue weighted by molar-refractivity contribution is 0.165. The molecule has 1 rings (SSSR count). The van der Waals surface area contributed by atoms with Crippen molar-refractivity contribution < 1.29 is 0 Å². The summed E-state index contributed by atoms with van der Waals surface area (Å²) in [6.45, 7) is 13.2. The van der Waals surface area contributed by atoms with Crippen molar-refractivity contribution in [2.75, 3.05) is 26.7 Å². The van der Waals surface area contributed by atoms with Gasteiger partial charge in [-0.1, -0.05) is 20.8 Å². The van der Waals surface area contributed by atoms with Crippen LogP contribution in [0.5, 0.6) is 0 Å². The van der Waals surface area contributed by atoms with E-state index in [0.717, 1.165) is 5.92 Å². The number of hydrogen-bond donors (Lipinski definition) is 1. The number of nitrogens with one attached hydrogen (secondary N) is 1. The van der Waals surface area contributed by atoms with Crippen molar-refractivity contribution in [1.82, 2.24) is 10.2 Å². The first-order chi connectivity index (χ1) is 6.45. The quantitative estimate of drug-likeness (QED) is 0.743. The Morgan fingerprint density at radius 3 is 2.57 bits per heavy atom. The lowest BCUT2D eigenvalue weighted by atomic mass is 9.85. The predicted octanol–water partition coefficient (Wildman–Crippen LogP) is 1.96. The van der Waals surface area contributed by atoms with E-state index in [2.05, 4.69) is 45.0 Å². The van der Waals surface area contributed by atoms with E-state index in [4.69, 9.17) is 0 Å². The number of likely N-dealkylation sites (tertiary alicyclic amines) is 1. The number of hydrogen-bond acceptors (Lipinski definition) is 2. The second kappa shape index (κ2) is 4.63. The molecule has 0 bridgehead atoms. The van der Waals surface area contributed by atoms with Gasteiger partial charge in [0.1, 0.15) is 0 Å². The van der Waals surface area contributed by atoms with Gasteiger partial charge in [-0.15, -0.1) is 0 Å². The number of nitrogens with zero attached hydrogens (tertiary/aromatic N) is 1. The molecule has 1 aliphatic heterocycles. The SMILES string of the molecule is CNC(C)C(C)(C)CN1CCC(C)C1. The Bertz CT molecular complexity index is 177. The lowest BCUT2D eigenvalue weighted by Crippen LogP contribution is -2.45. The van der Waals surface area contributed by atoms with Crippen LogP contribution in [0.4, 0.5) is 0 Å². The van der Waals surface area contributed by atoms with Crippen molar-refractivity contribution in [3.63, 3.8) is 0 Å². The molecule has 0 radical (unpaired) electrons. The van der Waals surface area contributed by atoms with Crippen molar-refractivity contribution in [3.05, 3.63) is 0 Å². The normalized spacial score (nSPS) is 26.8. The number of rotatable bonds is 4. The Hall–Kier alpha value is -0.0800. The van der Waals surface area contributed by atoms with Crippen LogP contribution >= 0.6 is 0 Å². The van der Waals surface area contributed by atoms with Crippen LogP contribution in [0.3, 0.4) is 0 Å². The molecular weight excluding hydrogens is 172 g/mol. The molecular formula is C12H26N2. The van der Waals surface area contributed by atoms with Crippen LogP contribution in [0.2, 0.25) is 0 Å². The van der Waals surface area contributed by atoms with Gasteiger partial charge < -0.3 is 10.2 Å². The molecule has 2 heteroatoms. The topological polar surface area (TPSA) is 15.3 Å². The van der Waals surface area contributed by atoms with E-state index in [9.17, 15) is 0 Å². The van der Waals surface area contributed by atoms with E-state index in [1.165, 1.54) is 26.1 Å². The van der Waals surface area contributed by atoms with Crippen molar-refractivity contribution in [2.24, 2.45) is 11.3 Å². The average Bonchev–Trinajstić information content (AvgIpc) is 2.48. The molecule has 0 spiro atoms. The van der Waals surface area contributed by atoms with Gasteiger partial charge in [-0.2, -0.15) is 0 Å². The Morgan fingerprint density at radius 1 is 1.50 bits per heavy atom. The molecule has 84 valence electrons. The van der Waals surface area contributed by atoms with E-state index < -0.39 is 0 Å². The second-order valence-electron chi connectivity index (χ2n) is 5.63. The van der Waals surface area contributed by atoms with Crippen molar-refractivity contribution in [2.45, 2.75) is 40.2 Å². The van der Waals surface area contributed by atoms with E-state index in [-0.39, 0.29) is 0 Å². The van der Waals surface area contributed by atoms with Gasteiger partial charge in [0.15, 0.2) is 0 Å². The summed E-state index contributed by atoms with van der Waals surface area (Å²) in [5.41, 5.74) is 0.374. The zero-order valence-corrected chi connectivity index (χ0v) is 10.4. The summed E-state index contributed by atoms with van der Waals surface area (Å²) in [6.07, 6.45) is 1.38. The third-order valence-corrected chi connectivity index (χ3v) is 3.74. The van der Waals surface area contributed by atoms with Gasteiger partial charge in [-0.25, -0.2) is 0 Å². The summed E-state index contributed by atoms with van der Waals surface area (Å²) in [7, 11) is 2.05. The highest BCUT2D eigenvalue weighted by molar-refractivity contribution is 4.85. The standard InChI is InChI=1S/C12H26N2/c1-10-6-7-14(8-10)9-12(3,4)11(2)13-5/h10-11,13H,6-9H2,1-5H3. The molecule has 0 aromatic rings. The summed E-state index contributed by atoms with van der Waals surface area (Å²) in [4.78, 5) is 2.61. The van der Waals surface area contributed by atoms with Gasteiger partial charge in [0.2, 0.25) is 0 Å². The summed E-state index contributed by atoms with van der Waals surface area (Å²) >= 11 is 0. The maximum absolute atomic E-state index is 3.36. The van der Waals surface area contributed by atoms with Crippen LogP contribution in [-0.2, 0) is 0 Å². The van der Waals surface area contributed by atoms with Gasteiger partial charge in [-0.3, -0.25) is 0 Å². The van der Waals surface area contributed by atoms with Crippen LogP contribution < -0.4 is 5.32 Å². The fourth-order valence-corrected chi connectivity index (χ4v) is 2.27. The molecule has 1 fully saturated rings. The fourth-order valence-electron chi connectivity index (χ4n) is 2.27. The highest BCUT2D eigenvalue weighted by atomic mass is 15.2. The Morgan fingerprint density at radius 2 is 2.14 bits per heavy atom. The summed E-state index contributed by atoms with van der Waals surface area (Å²) in [6, 6.07) is 0.582. The van der Waals surface area contributed by atoms with Crippen LogP contribution in [0, 0.1) is 11.3 Å². The fraction of sp³-hybridized carbons (Fsp3) is 1.00. The average molecular weight is 198 g/mol. The molecule has 1 N–H and O–H groups in total. The zero-order valence-electron chi connectivity index (χ0n) is 10.4. The zero-order chi connectivity index (χ0) is 10.8. The lowest BCUT2D eigenvalue weighted by Gasteiger charge is -2.35. The Labute approximate surface area is 89.1 Å². The van der Waals surface area contributed by atoms with Crippen molar-refractivity contribution in [1.29, 1.82) is 0 Å². The third kappa shape index (κ3) is 2.96. The smallest absolute Gasteiger partial charge is 0.00991 e. The van der Waals surface area contributed by atoms with Gasteiger partial charge in [0, 0.05) is 19.1 Å². The van der Waals surface area contributed by atoms with E-state index in [1.807, 2.05) is 0 Å². The summed E-state index contributed by atoms with van der Waals surface area (Å²) in [5.74, 6) is 0.899. The Kier molecular flexibility index (Phi) is 3.96. The van der Waals surface area contributed by atoms with E-state index in [1.54, 1.807) is 0 Å². The monoisotopic (exact) mass is 198 g/mol. The van der Waals surface area contributed by atoms with Gasteiger partial charge in [0.05, 0.1) is 0 Å². The molecule has 2 atom stereocenters. The molecule has 0 amide bonds. The minimum atomic E-state index is 0.374. The minimum Gasteiger partial charge on any atom is -0.317 e. The minimum absolute atomic E-state index is 0.374. The van der Waals surface area contributed by atoms with Gasteiger partial charge in [0.25, 0.3) is 0 Å². The second-order valence-corrected chi connectivity index (χ2v) is 5.63. The van der Waals surface area contributed by atoms with Crippen LogP contribution in [0.1, 0.15) is 34.1 Å². The van der Waals surface area contributed by atoms with E-state index in [0.29, 0.717) is 11.5 Å². The molecule has 2 unspecified atom stereocenters. The van der Waals surface area contributed by atoms with Crippen LogP contribution in [0.25, 0.3) is 0 Å². The largest absolute Gasteiger partial charge is 0.317 e. The van der Waals surface area contributed by atoms with E-state index >= 15 is 0 Å². The summed E-state index contributed by atoms with van der Waals surface area (Å²) < 4.78 is 0. The maximum atomic E-state index is 3.36. The first-order valence-corrected chi connectivity index (χ1v) is 5.85. The van der Waals surface area contributed by atoms with Crippen LogP contribution in [-0.4, -0.2) is 37.6 Å². The molecule has 0 aromatic heterocycles. The molecule has 0 saturated carbocycles. The molecule has 0 aliphatic carbocycles. The summed E-state index contributed by atoms with van der Waals surface area (Å²) in [5, 5.41) is 3.36.